The zero-order valence-electron chi connectivity index (χ0n) is 4.61. The Hall–Kier alpha value is -0.740. The van der Waals surface area contributed by atoms with E-state index < -0.39 is 6.29 Å². The molecular formula is C5H7FO3. The Morgan fingerprint density at radius 2 is 2.44 bits per heavy atom. The van der Waals surface area contributed by atoms with Gasteiger partial charge in [-0.25, -0.2) is 0 Å². The molecule has 9 heavy (non-hydrogen) atoms. The van der Waals surface area contributed by atoms with E-state index in [4.69, 9.17) is 5.11 Å². The fraction of sp³-hybridized carbons (Fsp3) is 0.400. The van der Waals surface area contributed by atoms with E-state index in [0.29, 0.717) is 0 Å². The summed E-state index contributed by atoms with van der Waals surface area (Å²) in [6, 6.07) is 0. The molecule has 3 nitrogen and oxygen atoms in total. The number of hydrogen-bond acceptors (Lipinski definition) is 3. The van der Waals surface area contributed by atoms with Gasteiger partial charge in [-0.1, -0.05) is 0 Å². The first-order valence-corrected chi connectivity index (χ1v) is 2.30. The van der Waals surface area contributed by atoms with Crippen molar-refractivity contribution in [3.63, 3.8) is 0 Å². The summed E-state index contributed by atoms with van der Waals surface area (Å²) in [4.78, 5) is 10.3. The molecule has 0 aromatic heterocycles. The van der Waals surface area contributed by atoms with Crippen LogP contribution in [0.5, 0.6) is 0 Å². The van der Waals surface area contributed by atoms with E-state index in [1.807, 2.05) is 0 Å². The van der Waals surface area contributed by atoms with Gasteiger partial charge >= 0.3 is 0 Å². The minimum Gasteiger partial charge on any atom is -0.365 e. The topological polar surface area (TPSA) is 46.5 Å². The molecule has 1 aliphatic heterocycles. The Bertz CT molecular complexity index is 132. The van der Waals surface area contributed by atoms with Gasteiger partial charge in [0, 0.05) is 0 Å². The Balaban J connectivity index is 0.000000640. The fourth-order valence-electron chi connectivity index (χ4n) is 0.461. The predicted octanol–water partition coefficient (Wildman–Crippen LogP) is -0.387. The van der Waals surface area contributed by atoms with Gasteiger partial charge < -0.3 is 9.84 Å². The van der Waals surface area contributed by atoms with Crippen molar-refractivity contribution >= 4 is 5.78 Å². The van der Waals surface area contributed by atoms with Gasteiger partial charge in [-0.3, -0.25) is 9.50 Å². The number of carbonyl (C=O) groups is 1. The van der Waals surface area contributed by atoms with Crippen molar-refractivity contribution in [1.29, 1.82) is 0 Å². The normalized spacial score (nSPS) is 25.4. The summed E-state index contributed by atoms with van der Waals surface area (Å²) in [6.45, 7) is -0.00231. The number of halogens is 1. The number of carbonyl (C=O) groups excluding carboxylic acids is 1. The van der Waals surface area contributed by atoms with Crippen LogP contribution in [0.2, 0.25) is 0 Å². The highest BCUT2D eigenvalue weighted by atomic mass is 19.0. The minimum atomic E-state index is -0.882. The van der Waals surface area contributed by atoms with Crippen LogP contribution >= 0.6 is 0 Å². The van der Waals surface area contributed by atoms with Gasteiger partial charge in [0.25, 0.3) is 0 Å². The Labute approximate surface area is 51.3 Å². The number of aliphatic hydroxyl groups is 1. The maximum absolute atomic E-state index is 10.3. The van der Waals surface area contributed by atoms with Crippen LogP contribution in [-0.4, -0.2) is 23.8 Å². The molecule has 1 heterocycles. The monoisotopic (exact) mass is 134 g/mol. The van der Waals surface area contributed by atoms with Gasteiger partial charge in [0.2, 0.25) is 0 Å². The van der Waals surface area contributed by atoms with E-state index in [1.54, 1.807) is 0 Å². The molecule has 0 saturated heterocycles. The van der Waals surface area contributed by atoms with Gasteiger partial charge in [0.05, 0.1) is 0 Å². The van der Waals surface area contributed by atoms with Gasteiger partial charge in [0.1, 0.15) is 6.61 Å². The Morgan fingerprint density at radius 1 is 1.78 bits per heavy atom. The molecular weight excluding hydrogens is 127 g/mol. The minimum absolute atomic E-state index is 0. The number of rotatable bonds is 0. The van der Waals surface area contributed by atoms with Gasteiger partial charge in [-0.2, -0.15) is 0 Å². The van der Waals surface area contributed by atoms with Gasteiger partial charge in [0.15, 0.2) is 12.1 Å². The lowest BCUT2D eigenvalue weighted by Gasteiger charge is -2.08. The fourth-order valence-corrected chi connectivity index (χ4v) is 0.461. The second kappa shape index (κ2) is 3.32. The van der Waals surface area contributed by atoms with Crippen molar-refractivity contribution in [3.8, 4) is 0 Å². The number of hydrogen-bond donors (Lipinski definition) is 1. The van der Waals surface area contributed by atoms with E-state index in [1.165, 1.54) is 12.2 Å². The largest absolute Gasteiger partial charge is 0.365 e. The zero-order chi connectivity index (χ0) is 5.98. The second-order valence-electron chi connectivity index (χ2n) is 1.53. The molecule has 1 aliphatic rings. The van der Waals surface area contributed by atoms with Crippen molar-refractivity contribution in [3.05, 3.63) is 12.2 Å². The van der Waals surface area contributed by atoms with Crippen LogP contribution in [0.15, 0.2) is 12.2 Å². The summed E-state index contributed by atoms with van der Waals surface area (Å²) >= 11 is 0. The van der Waals surface area contributed by atoms with E-state index >= 15 is 0 Å². The van der Waals surface area contributed by atoms with Crippen LogP contribution in [-0.2, 0) is 9.53 Å². The summed E-state index contributed by atoms with van der Waals surface area (Å²) in [5.74, 6) is -0.102. The standard InChI is InChI=1S/C5H6O3.FH/c6-4-1-2-5(7)8-3-4;/h1-2,5,7H,3H2;1H. The molecule has 0 spiro atoms. The van der Waals surface area contributed by atoms with E-state index in [2.05, 4.69) is 4.74 Å². The van der Waals surface area contributed by atoms with Crippen molar-refractivity contribution in [1.82, 2.24) is 0 Å². The SMILES string of the molecule is F.O=C1C=CC(O)OC1. The number of aliphatic hydroxyl groups excluding tert-OH is 1. The highest BCUT2D eigenvalue weighted by molar-refractivity contribution is 5.91. The molecule has 0 fully saturated rings. The van der Waals surface area contributed by atoms with Gasteiger partial charge in [-0.15, -0.1) is 0 Å². The number of ketones is 1. The smallest absolute Gasteiger partial charge is 0.181 e. The van der Waals surface area contributed by atoms with Crippen molar-refractivity contribution in [2.24, 2.45) is 0 Å². The third-order valence-corrected chi connectivity index (χ3v) is 0.843. The third-order valence-electron chi connectivity index (χ3n) is 0.843. The van der Waals surface area contributed by atoms with Crippen molar-refractivity contribution in [2.75, 3.05) is 6.61 Å². The molecule has 0 saturated carbocycles. The summed E-state index contributed by atoms with van der Waals surface area (Å²) in [5.41, 5.74) is 0. The van der Waals surface area contributed by atoms with Crippen molar-refractivity contribution < 1.29 is 19.3 Å². The maximum atomic E-state index is 10.3. The lowest BCUT2D eigenvalue weighted by molar-refractivity contribution is -0.131. The maximum Gasteiger partial charge on any atom is 0.181 e. The predicted molar refractivity (Wildman–Crippen MR) is 28.6 cm³/mol. The summed E-state index contributed by atoms with van der Waals surface area (Å²) in [7, 11) is 0. The Kier molecular flexibility index (Phi) is 3.05. The lowest BCUT2D eigenvalue weighted by Crippen LogP contribution is -2.19. The first kappa shape index (κ1) is 8.26. The van der Waals surface area contributed by atoms with E-state index in [0.717, 1.165) is 0 Å². The van der Waals surface area contributed by atoms with E-state index in [9.17, 15) is 4.79 Å². The van der Waals surface area contributed by atoms with Crippen LogP contribution in [0, 0.1) is 0 Å². The first-order valence-electron chi connectivity index (χ1n) is 2.30. The van der Waals surface area contributed by atoms with Crippen molar-refractivity contribution in [2.45, 2.75) is 6.29 Å². The number of ether oxygens (including phenoxy) is 1. The van der Waals surface area contributed by atoms with Crippen LogP contribution in [0.1, 0.15) is 0 Å². The molecule has 0 aromatic carbocycles. The van der Waals surface area contributed by atoms with Crippen LogP contribution in [0.4, 0.5) is 4.70 Å². The second-order valence-corrected chi connectivity index (χ2v) is 1.53. The highest BCUT2D eigenvalue weighted by Gasteiger charge is 2.07. The molecule has 1 unspecified atom stereocenters. The molecule has 0 aromatic rings. The first-order chi connectivity index (χ1) is 3.79. The van der Waals surface area contributed by atoms with Gasteiger partial charge in [-0.05, 0) is 12.2 Å². The summed E-state index contributed by atoms with van der Waals surface area (Å²) in [6.07, 6.45) is 1.74. The quantitative estimate of drug-likeness (QED) is 0.491. The molecule has 0 bridgehead atoms. The molecule has 0 radical (unpaired) electrons. The van der Waals surface area contributed by atoms with E-state index in [-0.39, 0.29) is 17.1 Å². The van der Waals surface area contributed by atoms with Crippen LogP contribution in [0.25, 0.3) is 0 Å². The highest BCUT2D eigenvalue weighted by Crippen LogP contribution is 1.96. The molecule has 0 amide bonds. The lowest BCUT2D eigenvalue weighted by atomic mass is 10.3. The molecule has 1 N–H and O–H groups in total. The van der Waals surface area contributed by atoms with Crippen LogP contribution < -0.4 is 0 Å². The molecule has 1 atom stereocenters. The molecule has 4 heteroatoms. The Morgan fingerprint density at radius 3 is 2.78 bits per heavy atom. The summed E-state index contributed by atoms with van der Waals surface area (Å²) < 4.78 is 4.51. The zero-order valence-corrected chi connectivity index (χ0v) is 4.61. The average molecular weight is 134 g/mol. The molecule has 52 valence electrons. The third kappa shape index (κ3) is 2.34. The van der Waals surface area contributed by atoms with Crippen LogP contribution in [0.3, 0.4) is 0 Å². The molecule has 1 rings (SSSR count). The molecule has 0 aliphatic carbocycles. The summed E-state index contributed by atoms with van der Waals surface area (Å²) in [5, 5.41) is 8.57. The average Bonchev–Trinajstić information content (AvgIpc) is 1.77.